The summed E-state index contributed by atoms with van der Waals surface area (Å²) in [6.45, 7) is 0. The number of nitrogens with zero attached hydrogens (tertiary/aromatic N) is 3. The van der Waals surface area contributed by atoms with Gasteiger partial charge in [0, 0.05) is 0 Å². The summed E-state index contributed by atoms with van der Waals surface area (Å²) < 4.78 is 5.20. The summed E-state index contributed by atoms with van der Waals surface area (Å²) in [7, 11) is 1.59. The highest BCUT2D eigenvalue weighted by Gasteiger charge is 2.06. The van der Waals surface area contributed by atoms with E-state index >= 15 is 0 Å². The average Bonchev–Trinajstić information content (AvgIpc) is 2.40. The van der Waals surface area contributed by atoms with Gasteiger partial charge in [0.15, 0.2) is 5.82 Å². The molecule has 1 aromatic carbocycles. The number of aromatic nitrogens is 2. The summed E-state index contributed by atoms with van der Waals surface area (Å²) in [5.41, 5.74) is 1.18. The minimum Gasteiger partial charge on any atom is -0.495 e. The second-order valence-corrected chi connectivity index (χ2v) is 3.23. The monoisotopic (exact) mass is 226 g/mol. The van der Waals surface area contributed by atoms with Crippen molar-refractivity contribution in [2.24, 2.45) is 0 Å². The van der Waals surface area contributed by atoms with Gasteiger partial charge in [-0.3, -0.25) is 0 Å². The molecule has 0 spiro atoms. The van der Waals surface area contributed by atoms with Crippen molar-refractivity contribution in [3.63, 3.8) is 0 Å². The maximum Gasteiger partial charge on any atom is 0.171 e. The minimum absolute atomic E-state index is 0.416. The van der Waals surface area contributed by atoms with Gasteiger partial charge < -0.3 is 10.1 Å². The Kier molecular flexibility index (Phi) is 3.17. The first-order valence-electron chi connectivity index (χ1n) is 4.97. The van der Waals surface area contributed by atoms with Crippen molar-refractivity contribution < 1.29 is 4.74 Å². The summed E-state index contributed by atoms with van der Waals surface area (Å²) in [5.74, 6) is 1.10. The second-order valence-electron chi connectivity index (χ2n) is 3.23. The maximum atomic E-state index is 8.93. The molecule has 0 saturated carbocycles. The van der Waals surface area contributed by atoms with Crippen molar-refractivity contribution in [2.45, 2.75) is 0 Å². The quantitative estimate of drug-likeness (QED) is 0.867. The van der Waals surface area contributed by atoms with E-state index in [1.807, 2.05) is 30.3 Å². The predicted molar refractivity (Wildman–Crippen MR) is 63.0 cm³/mol. The lowest BCUT2D eigenvalue weighted by atomic mass is 10.2. The molecule has 1 heterocycles. The third-order valence-electron chi connectivity index (χ3n) is 2.20. The summed E-state index contributed by atoms with van der Waals surface area (Å²) >= 11 is 0. The summed E-state index contributed by atoms with van der Waals surface area (Å²) in [6.07, 6.45) is 1.48. The Morgan fingerprint density at radius 3 is 2.88 bits per heavy atom. The molecule has 5 nitrogen and oxygen atoms in total. The van der Waals surface area contributed by atoms with E-state index in [1.54, 1.807) is 13.2 Å². The van der Waals surface area contributed by atoms with Crippen LogP contribution in [-0.2, 0) is 0 Å². The van der Waals surface area contributed by atoms with Crippen LogP contribution in [0.5, 0.6) is 5.75 Å². The van der Waals surface area contributed by atoms with Crippen molar-refractivity contribution in [3.8, 4) is 11.8 Å². The molecule has 0 aliphatic carbocycles. The third-order valence-corrected chi connectivity index (χ3v) is 2.20. The van der Waals surface area contributed by atoms with Crippen molar-refractivity contribution >= 4 is 11.5 Å². The number of para-hydroxylation sites is 2. The molecule has 0 radical (unpaired) electrons. The molecule has 0 aliphatic rings. The van der Waals surface area contributed by atoms with E-state index in [0.717, 1.165) is 5.69 Å². The number of ether oxygens (including phenoxy) is 1. The van der Waals surface area contributed by atoms with Gasteiger partial charge in [0.2, 0.25) is 0 Å². The standard InChI is InChI=1S/C12H10N4O/c1-17-11-5-3-2-4-10(11)15-12-9(8-13)6-7-14-16-12/h2-7H,1H3,(H,15,16). The van der Waals surface area contributed by atoms with E-state index in [-0.39, 0.29) is 0 Å². The Hall–Kier alpha value is -2.61. The van der Waals surface area contributed by atoms with Crippen molar-refractivity contribution in [3.05, 3.63) is 42.1 Å². The number of benzene rings is 1. The van der Waals surface area contributed by atoms with E-state index in [4.69, 9.17) is 10.00 Å². The van der Waals surface area contributed by atoms with Crippen molar-refractivity contribution in [1.29, 1.82) is 5.26 Å². The zero-order valence-electron chi connectivity index (χ0n) is 9.21. The fraction of sp³-hybridized carbons (Fsp3) is 0.0833. The molecule has 5 heteroatoms. The number of hydrogen-bond acceptors (Lipinski definition) is 5. The van der Waals surface area contributed by atoms with Gasteiger partial charge in [0.1, 0.15) is 11.8 Å². The first kappa shape index (κ1) is 10.9. The lowest BCUT2D eigenvalue weighted by Gasteiger charge is -2.10. The van der Waals surface area contributed by atoms with Crippen LogP contribution >= 0.6 is 0 Å². The van der Waals surface area contributed by atoms with Gasteiger partial charge in [-0.05, 0) is 18.2 Å². The van der Waals surface area contributed by atoms with Crippen LogP contribution in [0.4, 0.5) is 11.5 Å². The lowest BCUT2D eigenvalue weighted by Crippen LogP contribution is -1.99. The fourth-order valence-corrected chi connectivity index (χ4v) is 1.39. The van der Waals surface area contributed by atoms with Gasteiger partial charge in [-0.2, -0.15) is 10.4 Å². The molecule has 17 heavy (non-hydrogen) atoms. The molecular weight excluding hydrogens is 216 g/mol. The number of methoxy groups -OCH3 is 1. The molecule has 0 saturated heterocycles. The Labute approximate surface area is 98.7 Å². The summed E-state index contributed by atoms with van der Waals surface area (Å²) in [5, 5.41) is 19.6. The molecule has 84 valence electrons. The van der Waals surface area contributed by atoms with E-state index < -0.39 is 0 Å². The van der Waals surface area contributed by atoms with Crippen LogP contribution in [0.1, 0.15) is 5.56 Å². The van der Waals surface area contributed by atoms with Gasteiger partial charge in [-0.25, -0.2) is 0 Å². The highest BCUT2D eigenvalue weighted by atomic mass is 16.5. The molecule has 0 fully saturated rings. The van der Waals surface area contributed by atoms with Crippen LogP contribution < -0.4 is 10.1 Å². The number of rotatable bonds is 3. The molecule has 0 aliphatic heterocycles. The zero-order chi connectivity index (χ0) is 12.1. The van der Waals surface area contributed by atoms with E-state index in [0.29, 0.717) is 17.1 Å². The van der Waals surface area contributed by atoms with Crippen LogP contribution in [0.2, 0.25) is 0 Å². The Bertz CT molecular complexity index is 562. The Balaban J connectivity index is 2.35. The number of nitriles is 1. The first-order valence-corrected chi connectivity index (χ1v) is 4.97. The predicted octanol–water partition coefficient (Wildman–Crippen LogP) is 2.10. The van der Waals surface area contributed by atoms with Crippen LogP contribution in [0.25, 0.3) is 0 Å². The van der Waals surface area contributed by atoms with Crippen LogP contribution in [-0.4, -0.2) is 17.3 Å². The zero-order valence-corrected chi connectivity index (χ0v) is 9.21. The molecule has 2 rings (SSSR count). The molecule has 1 N–H and O–H groups in total. The summed E-state index contributed by atoms with van der Waals surface area (Å²) in [6, 6.07) is 11.1. The maximum absolute atomic E-state index is 8.93. The largest absolute Gasteiger partial charge is 0.495 e. The normalized spacial score (nSPS) is 9.41. The van der Waals surface area contributed by atoms with Crippen molar-refractivity contribution in [2.75, 3.05) is 12.4 Å². The Morgan fingerprint density at radius 2 is 2.12 bits per heavy atom. The van der Waals surface area contributed by atoms with Gasteiger partial charge in [-0.15, -0.1) is 5.10 Å². The summed E-state index contributed by atoms with van der Waals surface area (Å²) in [4.78, 5) is 0. The molecule has 0 bridgehead atoms. The second kappa shape index (κ2) is 4.94. The Morgan fingerprint density at radius 1 is 1.29 bits per heavy atom. The highest BCUT2D eigenvalue weighted by Crippen LogP contribution is 2.26. The van der Waals surface area contributed by atoms with Crippen LogP contribution in [0.3, 0.4) is 0 Å². The first-order chi connectivity index (χ1) is 8.35. The van der Waals surface area contributed by atoms with Gasteiger partial charge in [0.05, 0.1) is 24.6 Å². The lowest BCUT2D eigenvalue weighted by molar-refractivity contribution is 0.417. The van der Waals surface area contributed by atoms with Gasteiger partial charge >= 0.3 is 0 Å². The average molecular weight is 226 g/mol. The van der Waals surface area contributed by atoms with Crippen molar-refractivity contribution in [1.82, 2.24) is 10.2 Å². The van der Waals surface area contributed by atoms with Crippen LogP contribution in [0.15, 0.2) is 36.5 Å². The fourth-order valence-electron chi connectivity index (χ4n) is 1.39. The topological polar surface area (TPSA) is 70.8 Å². The molecule has 0 amide bonds. The molecule has 2 aromatic rings. The molecule has 0 atom stereocenters. The highest BCUT2D eigenvalue weighted by molar-refractivity contribution is 5.67. The van der Waals surface area contributed by atoms with E-state index in [9.17, 15) is 0 Å². The number of anilines is 2. The molecule has 0 unspecified atom stereocenters. The van der Waals surface area contributed by atoms with E-state index in [2.05, 4.69) is 15.5 Å². The van der Waals surface area contributed by atoms with E-state index in [1.165, 1.54) is 6.20 Å². The van der Waals surface area contributed by atoms with Crippen LogP contribution in [0, 0.1) is 11.3 Å². The SMILES string of the molecule is COc1ccccc1Nc1nnccc1C#N. The molecule has 1 aromatic heterocycles. The van der Waals surface area contributed by atoms with Gasteiger partial charge in [-0.1, -0.05) is 12.1 Å². The number of nitrogens with one attached hydrogen (secondary N) is 1. The minimum atomic E-state index is 0.416. The third kappa shape index (κ3) is 2.32. The molecular formula is C12H10N4O. The van der Waals surface area contributed by atoms with Gasteiger partial charge in [0.25, 0.3) is 0 Å². The smallest absolute Gasteiger partial charge is 0.171 e. The number of hydrogen-bond donors (Lipinski definition) is 1.